The second-order valence-corrected chi connectivity index (χ2v) is 5.58. The first-order chi connectivity index (χ1) is 11.9. The molecule has 1 unspecified atom stereocenters. The minimum atomic E-state index is -0.994. The molecule has 25 heavy (non-hydrogen) atoms. The van der Waals surface area contributed by atoms with Crippen LogP contribution >= 0.6 is 0 Å². The molecule has 8 nitrogen and oxygen atoms in total. The van der Waals surface area contributed by atoms with Gasteiger partial charge in [-0.1, -0.05) is 0 Å². The number of nitrogens with one attached hydrogen (secondary N) is 1. The number of cyclic esters (lactones) is 2. The summed E-state index contributed by atoms with van der Waals surface area (Å²) < 4.78 is 38.4. The molecule has 3 amide bonds. The number of amides is 3. The molecule has 1 N–H and O–H groups in total. The molecule has 0 saturated carbocycles. The van der Waals surface area contributed by atoms with E-state index in [1.807, 2.05) is 0 Å². The number of nitrogens with zero attached hydrogens (tertiary/aromatic N) is 2. The van der Waals surface area contributed by atoms with E-state index in [-0.39, 0.29) is 37.8 Å². The second-order valence-electron chi connectivity index (χ2n) is 5.58. The highest BCUT2D eigenvalue weighted by Gasteiger charge is 2.35. The average molecular weight is 355 g/mol. The van der Waals surface area contributed by atoms with E-state index in [0.29, 0.717) is 0 Å². The zero-order chi connectivity index (χ0) is 18.1. The number of hydrogen-bond acceptors (Lipinski definition) is 5. The molecule has 2 saturated heterocycles. The zero-order valence-corrected chi connectivity index (χ0v) is 13.3. The lowest BCUT2D eigenvalue weighted by Gasteiger charge is -2.18. The zero-order valence-electron chi connectivity index (χ0n) is 13.3. The molecule has 2 aliphatic heterocycles. The first-order valence-corrected chi connectivity index (χ1v) is 7.52. The largest absolute Gasteiger partial charge is 0.447 e. The summed E-state index contributed by atoms with van der Waals surface area (Å²) in [5.41, 5.74) is -0.560. The van der Waals surface area contributed by atoms with Crippen molar-refractivity contribution in [1.82, 2.24) is 5.32 Å². The van der Waals surface area contributed by atoms with Crippen LogP contribution in [-0.4, -0.2) is 50.4 Å². The summed E-state index contributed by atoms with van der Waals surface area (Å²) in [6.45, 7) is 1.53. The van der Waals surface area contributed by atoms with Gasteiger partial charge in [0.1, 0.15) is 18.4 Å². The second kappa shape index (κ2) is 6.54. The smallest absolute Gasteiger partial charge is 0.414 e. The third kappa shape index (κ3) is 3.32. The maximum absolute atomic E-state index is 14.3. The number of halogens is 2. The Hall–Kier alpha value is -2.91. The first kappa shape index (κ1) is 16.9. The SMILES string of the molecule is CC(=O)NCC1CN(c2cc(F)c(N3CCOC3=O)c(F)c2)C(=O)O1. The van der Waals surface area contributed by atoms with E-state index < -0.39 is 35.6 Å². The predicted octanol–water partition coefficient (Wildman–Crippen LogP) is 1.38. The molecule has 0 bridgehead atoms. The van der Waals surface area contributed by atoms with Crippen LogP contribution in [-0.2, 0) is 14.3 Å². The Kier molecular flexibility index (Phi) is 4.43. The summed E-state index contributed by atoms with van der Waals surface area (Å²) in [6, 6.07) is 1.90. The highest BCUT2D eigenvalue weighted by molar-refractivity contribution is 5.92. The molecule has 0 spiro atoms. The van der Waals surface area contributed by atoms with Gasteiger partial charge in [0.05, 0.1) is 25.3 Å². The summed E-state index contributed by atoms with van der Waals surface area (Å²) in [7, 11) is 0. The van der Waals surface area contributed by atoms with Crippen molar-refractivity contribution in [3.63, 3.8) is 0 Å². The van der Waals surface area contributed by atoms with Crippen molar-refractivity contribution in [3.8, 4) is 0 Å². The lowest BCUT2D eigenvalue weighted by Crippen LogP contribution is -2.33. The highest BCUT2D eigenvalue weighted by atomic mass is 19.1. The number of carbonyl (C=O) groups is 3. The van der Waals surface area contributed by atoms with Crippen LogP contribution in [0.25, 0.3) is 0 Å². The van der Waals surface area contributed by atoms with E-state index in [1.54, 1.807) is 0 Å². The van der Waals surface area contributed by atoms with Gasteiger partial charge < -0.3 is 14.8 Å². The highest BCUT2D eigenvalue weighted by Crippen LogP contribution is 2.32. The summed E-state index contributed by atoms with van der Waals surface area (Å²) in [5, 5.41) is 2.50. The normalized spacial score (nSPS) is 19.9. The maximum atomic E-state index is 14.3. The third-order valence-corrected chi connectivity index (χ3v) is 3.80. The first-order valence-electron chi connectivity index (χ1n) is 7.52. The lowest BCUT2D eigenvalue weighted by atomic mass is 10.2. The Bertz CT molecular complexity index is 719. The van der Waals surface area contributed by atoms with Crippen molar-refractivity contribution in [2.75, 3.05) is 36.0 Å². The topological polar surface area (TPSA) is 88.2 Å². The van der Waals surface area contributed by atoms with Gasteiger partial charge >= 0.3 is 12.2 Å². The van der Waals surface area contributed by atoms with Gasteiger partial charge in [-0.2, -0.15) is 0 Å². The summed E-state index contributed by atoms with van der Waals surface area (Å²) in [6.07, 6.45) is -2.24. The van der Waals surface area contributed by atoms with Crippen molar-refractivity contribution < 1.29 is 32.6 Å². The Balaban J connectivity index is 1.80. The van der Waals surface area contributed by atoms with Crippen LogP contribution in [0.1, 0.15) is 6.92 Å². The molecule has 0 radical (unpaired) electrons. The molecule has 2 fully saturated rings. The van der Waals surface area contributed by atoms with Gasteiger partial charge in [0.2, 0.25) is 5.91 Å². The van der Waals surface area contributed by atoms with Crippen molar-refractivity contribution in [1.29, 1.82) is 0 Å². The number of hydrogen-bond donors (Lipinski definition) is 1. The average Bonchev–Trinajstić information content (AvgIpc) is 3.11. The van der Waals surface area contributed by atoms with Crippen LogP contribution in [0.3, 0.4) is 0 Å². The summed E-state index contributed by atoms with van der Waals surface area (Å²) in [4.78, 5) is 36.2. The Labute approximate surface area is 141 Å². The fourth-order valence-electron chi connectivity index (χ4n) is 2.66. The molecule has 1 aromatic rings. The molecule has 2 heterocycles. The van der Waals surface area contributed by atoms with Crippen molar-refractivity contribution in [3.05, 3.63) is 23.8 Å². The van der Waals surface area contributed by atoms with Gasteiger partial charge in [0.15, 0.2) is 11.6 Å². The van der Waals surface area contributed by atoms with Crippen LogP contribution in [0.5, 0.6) is 0 Å². The molecule has 0 aliphatic carbocycles. The van der Waals surface area contributed by atoms with Crippen LogP contribution in [0.15, 0.2) is 12.1 Å². The predicted molar refractivity (Wildman–Crippen MR) is 81.4 cm³/mol. The van der Waals surface area contributed by atoms with Crippen LogP contribution in [0.2, 0.25) is 0 Å². The number of rotatable bonds is 4. The van der Waals surface area contributed by atoms with Crippen molar-refractivity contribution >= 4 is 29.5 Å². The minimum absolute atomic E-state index is 0.0308. The molecule has 1 aromatic carbocycles. The van der Waals surface area contributed by atoms with Crippen LogP contribution in [0, 0.1) is 11.6 Å². The van der Waals surface area contributed by atoms with Gasteiger partial charge in [0, 0.05) is 19.1 Å². The van der Waals surface area contributed by atoms with Crippen molar-refractivity contribution in [2.24, 2.45) is 0 Å². The fraction of sp³-hybridized carbons (Fsp3) is 0.400. The maximum Gasteiger partial charge on any atom is 0.414 e. The summed E-state index contributed by atoms with van der Waals surface area (Å²) in [5.74, 6) is -2.27. The Morgan fingerprint density at radius 3 is 2.48 bits per heavy atom. The third-order valence-electron chi connectivity index (χ3n) is 3.80. The monoisotopic (exact) mass is 355 g/mol. The molecular weight excluding hydrogens is 340 g/mol. The van der Waals surface area contributed by atoms with Gasteiger partial charge in [-0.3, -0.25) is 14.6 Å². The molecule has 3 rings (SSSR count). The molecule has 10 heteroatoms. The molecule has 1 atom stereocenters. The minimum Gasteiger partial charge on any atom is -0.447 e. The van der Waals surface area contributed by atoms with Crippen LogP contribution < -0.4 is 15.1 Å². The van der Waals surface area contributed by atoms with E-state index in [0.717, 1.165) is 21.9 Å². The summed E-state index contributed by atoms with van der Waals surface area (Å²) >= 11 is 0. The lowest BCUT2D eigenvalue weighted by molar-refractivity contribution is -0.119. The van der Waals surface area contributed by atoms with Crippen molar-refractivity contribution in [2.45, 2.75) is 13.0 Å². The van der Waals surface area contributed by atoms with Gasteiger partial charge in [-0.05, 0) is 0 Å². The van der Waals surface area contributed by atoms with E-state index in [1.165, 1.54) is 6.92 Å². The molecule has 0 aromatic heterocycles. The number of benzene rings is 1. The molecule has 134 valence electrons. The van der Waals surface area contributed by atoms with Gasteiger partial charge in [-0.15, -0.1) is 0 Å². The van der Waals surface area contributed by atoms with E-state index in [2.05, 4.69) is 10.1 Å². The number of anilines is 2. The number of carbonyl (C=O) groups excluding carboxylic acids is 3. The fourth-order valence-corrected chi connectivity index (χ4v) is 2.66. The molecule has 2 aliphatic rings. The number of ether oxygens (including phenoxy) is 2. The van der Waals surface area contributed by atoms with E-state index in [9.17, 15) is 23.2 Å². The van der Waals surface area contributed by atoms with E-state index >= 15 is 0 Å². The van der Waals surface area contributed by atoms with Gasteiger partial charge in [-0.25, -0.2) is 18.4 Å². The quantitative estimate of drug-likeness (QED) is 0.882. The Morgan fingerprint density at radius 2 is 1.92 bits per heavy atom. The Morgan fingerprint density at radius 1 is 1.24 bits per heavy atom. The molecular formula is C15H15F2N3O5. The van der Waals surface area contributed by atoms with E-state index in [4.69, 9.17) is 4.74 Å². The van der Waals surface area contributed by atoms with Gasteiger partial charge in [0.25, 0.3) is 0 Å². The standard InChI is InChI=1S/C15H15F2N3O5/c1-8(21)18-6-10-7-20(15(23)25-10)9-4-11(16)13(12(17)5-9)19-2-3-24-14(19)22/h4-5,10H,2-3,6-7H2,1H3,(H,18,21). The van der Waals surface area contributed by atoms with Crippen LogP contribution in [0.4, 0.5) is 29.7 Å².